The van der Waals surface area contributed by atoms with Gasteiger partial charge in [-0.05, 0) is 44.2 Å². The average molecular weight is 445 g/mol. The first-order valence-corrected chi connectivity index (χ1v) is 11.1. The van der Waals surface area contributed by atoms with Crippen LogP contribution in [-0.4, -0.2) is 56.6 Å². The van der Waals surface area contributed by atoms with Crippen LogP contribution in [0.3, 0.4) is 0 Å². The largest absolute Gasteiger partial charge is 0.489 e. The van der Waals surface area contributed by atoms with E-state index < -0.39 is 5.97 Å². The molecule has 2 atom stereocenters. The molecule has 0 bridgehead atoms. The topological polar surface area (TPSA) is 107 Å². The summed E-state index contributed by atoms with van der Waals surface area (Å²) >= 11 is 0. The van der Waals surface area contributed by atoms with Crippen LogP contribution in [0.2, 0.25) is 0 Å². The first-order chi connectivity index (χ1) is 15.4. The predicted molar refractivity (Wildman–Crippen MR) is 118 cm³/mol. The molecule has 1 aliphatic carbocycles. The Labute approximate surface area is 188 Å². The minimum absolute atomic E-state index is 0.112. The third-order valence-electron chi connectivity index (χ3n) is 5.77. The quantitative estimate of drug-likeness (QED) is 0.585. The van der Waals surface area contributed by atoms with Crippen molar-refractivity contribution in [2.45, 2.75) is 58.1 Å². The third-order valence-corrected chi connectivity index (χ3v) is 5.77. The highest BCUT2D eigenvalue weighted by molar-refractivity contribution is 5.70. The number of aliphatic carboxylic acids is 1. The SMILES string of the molecule is CCCCOC(=O)N(C)Cc1c(-c2ccc(O[C@H]3CCC[C@H](C(=O)O)C3)cn2)cnn1C. The van der Waals surface area contributed by atoms with Crippen molar-refractivity contribution in [2.75, 3.05) is 13.7 Å². The maximum atomic E-state index is 12.2. The van der Waals surface area contributed by atoms with Gasteiger partial charge in [0.25, 0.3) is 0 Å². The maximum absolute atomic E-state index is 12.2. The van der Waals surface area contributed by atoms with Gasteiger partial charge in [-0.1, -0.05) is 13.3 Å². The molecule has 32 heavy (non-hydrogen) atoms. The van der Waals surface area contributed by atoms with Gasteiger partial charge in [0.05, 0.1) is 49.0 Å². The molecule has 174 valence electrons. The van der Waals surface area contributed by atoms with Crippen molar-refractivity contribution in [3.8, 4) is 17.0 Å². The van der Waals surface area contributed by atoms with E-state index in [1.54, 1.807) is 24.1 Å². The highest BCUT2D eigenvalue weighted by atomic mass is 16.6. The van der Waals surface area contributed by atoms with Crippen molar-refractivity contribution in [3.05, 3.63) is 30.2 Å². The molecule has 0 saturated heterocycles. The van der Waals surface area contributed by atoms with Gasteiger partial charge >= 0.3 is 12.1 Å². The number of carboxylic acids is 1. The number of pyridine rings is 1. The van der Waals surface area contributed by atoms with E-state index >= 15 is 0 Å². The number of nitrogens with zero attached hydrogens (tertiary/aromatic N) is 4. The molecule has 1 aliphatic rings. The number of carboxylic acid groups (broad SMARTS) is 1. The number of hydrogen-bond donors (Lipinski definition) is 1. The second kappa shape index (κ2) is 11.0. The lowest BCUT2D eigenvalue weighted by atomic mass is 9.87. The number of unbranched alkanes of at least 4 members (excludes halogenated alkanes) is 1. The van der Waals surface area contributed by atoms with E-state index in [1.807, 2.05) is 26.1 Å². The van der Waals surface area contributed by atoms with E-state index in [4.69, 9.17) is 9.47 Å². The van der Waals surface area contributed by atoms with E-state index in [9.17, 15) is 14.7 Å². The molecule has 2 heterocycles. The van der Waals surface area contributed by atoms with Crippen LogP contribution in [0.25, 0.3) is 11.3 Å². The number of rotatable bonds is 9. The molecule has 1 saturated carbocycles. The van der Waals surface area contributed by atoms with Crippen LogP contribution in [0.1, 0.15) is 51.1 Å². The summed E-state index contributed by atoms with van der Waals surface area (Å²) in [6.45, 7) is 2.80. The van der Waals surface area contributed by atoms with Gasteiger partial charge in [0.1, 0.15) is 5.75 Å². The zero-order valence-electron chi connectivity index (χ0n) is 19.0. The Balaban J connectivity index is 1.65. The third kappa shape index (κ3) is 5.99. The molecule has 9 nitrogen and oxygen atoms in total. The fourth-order valence-corrected chi connectivity index (χ4v) is 3.85. The van der Waals surface area contributed by atoms with Crippen molar-refractivity contribution in [1.29, 1.82) is 0 Å². The smallest absolute Gasteiger partial charge is 0.409 e. The molecule has 0 aromatic carbocycles. The van der Waals surface area contributed by atoms with E-state index in [-0.39, 0.29) is 18.1 Å². The molecule has 0 spiro atoms. The number of carbonyl (C=O) groups excluding carboxylic acids is 1. The Morgan fingerprint density at radius 2 is 2.09 bits per heavy atom. The molecule has 2 aromatic rings. The van der Waals surface area contributed by atoms with Gasteiger partial charge in [-0.15, -0.1) is 0 Å². The minimum atomic E-state index is -0.755. The second-order valence-electron chi connectivity index (χ2n) is 8.27. The molecule has 0 unspecified atom stereocenters. The number of amides is 1. The summed E-state index contributed by atoms with van der Waals surface area (Å²) in [6.07, 6.45) is 7.63. The molecular weight excluding hydrogens is 412 g/mol. The Morgan fingerprint density at radius 3 is 2.78 bits per heavy atom. The monoisotopic (exact) mass is 444 g/mol. The number of hydrogen-bond acceptors (Lipinski definition) is 6. The van der Waals surface area contributed by atoms with Gasteiger partial charge in [-0.25, -0.2) is 4.79 Å². The maximum Gasteiger partial charge on any atom is 0.409 e. The van der Waals surface area contributed by atoms with Crippen LogP contribution in [-0.2, 0) is 23.1 Å². The molecule has 0 radical (unpaired) electrons. The Kier molecular flexibility index (Phi) is 8.08. The van der Waals surface area contributed by atoms with E-state index in [0.717, 1.165) is 42.6 Å². The zero-order valence-corrected chi connectivity index (χ0v) is 19.0. The van der Waals surface area contributed by atoms with Crippen molar-refractivity contribution >= 4 is 12.1 Å². The summed E-state index contributed by atoms with van der Waals surface area (Å²) in [7, 11) is 3.53. The van der Waals surface area contributed by atoms with Gasteiger partial charge < -0.3 is 19.5 Å². The summed E-state index contributed by atoms with van der Waals surface area (Å²) in [4.78, 5) is 29.5. The van der Waals surface area contributed by atoms with Gasteiger partial charge in [-0.2, -0.15) is 5.10 Å². The standard InChI is InChI=1S/C23H32N4O5/c1-4-5-11-31-23(30)26(2)15-21-19(14-25-27(21)3)20-10-9-18(13-24-20)32-17-8-6-7-16(12-17)22(28)29/h9-10,13-14,16-17H,4-8,11-12,15H2,1-3H3,(H,28,29)/t16-,17-/m0/s1. The first-order valence-electron chi connectivity index (χ1n) is 11.1. The van der Waals surface area contributed by atoms with Gasteiger partial charge in [0.2, 0.25) is 0 Å². The van der Waals surface area contributed by atoms with E-state index in [0.29, 0.717) is 31.7 Å². The number of carbonyl (C=O) groups is 2. The highest BCUT2D eigenvalue weighted by Gasteiger charge is 2.28. The second-order valence-corrected chi connectivity index (χ2v) is 8.27. The Morgan fingerprint density at radius 1 is 1.28 bits per heavy atom. The molecular formula is C23H32N4O5. The summed E-state index contributed by atoms with van der Waals surface area (Å²) in [5.74, 6) is -0.480. The summed E-state index contributed by atoms with van der Waals surface area (Å²) in [5, 5.41) is 13.6. The number of aryl methyl sites for hydroxylation is 1. The molecule has 3 rings (SSSR count). The van der Waals surface area contributed by atoms with Crippen molar-refractivity contribution in [3.63, 3.8) is 0 Å². The van der Waals surface area contributed by atoms with Crippen LogP contribution in [0.15, 0.2) is 24.5 Å². The molecule has 1 fully saturated rings. The normalized spacial score (nSPS) is 18.2. The highest BCUT2D eigenvalue weighted by Crippen LogP contribution is 2.29. The molecule has 0 aliphatic heterocycles. The van der Waals surface area contributed by atoms with Crippen LogP contribution >= 0.6 is 0 Å². The van der Waals surface area contributed by atoms with Crippen LogP contribution in [0.4, 0.5) is 4.79 Å². The fraction of sp³-hybridized carbons (Fsp3) is 0.565. The summed E-state index contributed by atoms with van der Waals surface area (Å²) in [6, 6.07) is 3.69. The molecule has 2 aromatic heterocycles. The zero-order chi connectivity index (χ0) is 23.1. The molecule has 1 N–H and O–H groups in total. The van der Waals surface area contributed by atoms with Crippen molar-refractivity contribution < 1.29 is 24.2 Å². The van der Waals surface area contributed by atoms with Gasteiger partial charge in [0, 0.05) is 19.7 Å². The van der Waals surface area contributed by atoms with Crippen LogP contribution in [0, 0.1) is 5.92 Å². The van der Waals surface area contributed by atoms with E-state index in [1.165, 1.54) is 4.90 Å². The van der Waals surface area contributed by atoms with E-state index in [2.05, 4.69) is 10.1 Å². The lowest BCUT2D eigenvalue weighted by Crippen LogP contribution is -2.29. The van der Waals surface area contributed by atoms with Crippen LogP contribution < -0.4 is 4.74 Å². The summed E-state index contributed by atoms with van der Waals surface area (Å²) in [5.41, 5.74) is 2.40. The van der Waals surface area contributed by atoms with Crippen LogP contribution in [0.5, 0.6) is 5.75 Å². The van der Waals surface area contributed by atoms with Gasteiger partial charge in [-0.3, -0.25) is 14.5 Å². The van der Waals surface area contributed by atoms with Crippen molar-refractivity contribution in [2.24, 2.45) is 13.0 Å². The Bertz CT molecular complexity index is 912. The summed E-state index contributed by atoms with van der Waals surface area (Å²) < 4.78 is 13.0. The molecule has 9 heteroatoms. The predicted octanol–water partition coefficient (Wildman–Crippen LogP) is 3.87. The average Bonchev–Trinajstić information content (AvgIpc) is 3.14. The lowest BCUT2D eigenvalue weighted by Gasteiger charge is -2.27. The molecule has 1 amide bonds. The number of ether oxygens (including phenoxy) is 2. The first kappa shape index (κ1) is 23.6. The number of aromatic nitrogens is 3. The fourth-order valence-electron chi connectivity index (χ4n) is 3.85. The minimum Gasteiger partial charge on any atom is -0.489 e. The van der Waals surface area contributed by atoms with Gasteiger partial charge in [0.15, 0.2) is 0 Å². The lowest BCUT2D eigenvalue weighted by molar-refractivity contribution is -0.143. The van der Waals surface area contributed by atoms with Crippen molar-refractivity contribution in [1.82, 2.24) is 19.7 Å². The Hall–Kier alpha value is -3.10.